The van der Waals surface area contributed by atoms with Crippen molar-refractivity contribution in [2.24, 2.45) is 5.92 Å². The molecule has 0 aromatic heterocycles. The predicted octanol–water partition coefficient (Wildman–Crippen LogP) is 7.47. The van der Waals surface area contributed by atoms with Crippen LogP contribution in [0, 0.1) is 5.92 Å². The average Bonchev–Trinajstić information content (AvgIpc) is 2.50. The van der Waals surface area contributed by atoms with E-state index in [0.717, 1.165) is 6.42 Å². The van der Waals surface area contributed by atoms with Gasteiger partial charge in [0.1, 0.15) is 5.78 Å². The van der Waals surface area contributed by atoms with Crippen molar-refractivity contribution < 1.29 is 4.79 Å². The number of unbranched alkanes of at least 4 members (excludes halogenated alkanes) is 14. The van der Waals surface area contributed by atoms with Crippen LogP contribution in [0.25, 0.3) is 0 Å². The molecule has 0 spiro atoms. The average molecular weight is 311 g/mol. The second-order valence-corrected chi connectivity index (χ2v) is 7.25. The van der Waals surface area contributed by atoms with Crippen molar-refractivity contribution in [3.8, 4) is 0 Å². The van der Waals surface area contributed by atoms with Crippen LogP contribution in [0.4, 0.5) is 0 Å². The van der Waals surface area contributed by atoms with Gasteiger partial charge in [0.05, 0.1) is 0 Å². The third kappa shape index (κ3) is 16.0. The van der Waals surface area contributed by atoms with Gasteiger partial charge in [-0.1, -0.05) is 110 Å². The van der Waals surface area contributed by atoms with Gasteiger partial charge >= 0.3 is 0 Å². The van der Waals surface area contributed by atoms with Crippen LogP contribution in [0.2, 0.25) is 0 Å². The highest BCUT2D eigenvalue weighted by Crippen LogP contribution is 2.15. The van der Waals surface area contributed by atoms with Gasteiger partial charge in [-0.3, -0.25) is 4.79 Å². The summed E-state index contributed by atoms with van der Waals surface area (Å²) >= 11 is 0. The van der Waals surface area contributed by atoms with E-state index in [1.54, 1.807) is 6.92 Å². The number of ketones is 1. The van der Waals surface area contributed by atoms with Gasteiger partial charge in [-0.25, -0.2) is 0 Å². The Morgan fingerprint density at radius 3 is 1.27 bits per heavy atom. The summed E-state index contributed by atoms with van der Waals surface area (Å²) in [5.41, 5.74) is 0. The summed E-state index contributed by atoms with van der Waals surface area (Å²) in [7, 11) is 0. The van der Waals surface area contributed by atoms with E-state index in [1.165, 1.54) is 96.3 Å². The molecule has 0 aliphatic heterocycles. The van der Waals surface area contributed by atoms with Gasteiger partial charge in [-0.2, -0.15) is 0 Å². The minimum absolute atomic E-state index is 0.280. The molecule has 1 atom stereocenters. The Morgan fingerprint density at radius 2 is 0.955 bits per heavy atom. The fourth-order valence-electron chi connectivity index (χ4n) is 3.03. The Bertz CT molecular complexity index is 234. The third-order valence-corrected chi connectivity index (χ3v) is 4.93. The van der Waals surface area contributed by atoms with E-state index in [0.29, 0.717) is 5.78 Å². The highest BCUT2D eigenvalue weighted by Gasteiger charge is 2.05. The zero-order chi connectivity index (χ0) is 16.5. The summed E-state index contributed by atoms with van der Waals surface area (Å²) in [5, 5.41) is 0. The maximum absolute atomic E-state index is 11.1. The highest BCUT2D eigenvalue weighted by atomic mass is 16.1. The van der Waals surface area contributed by atoms with Crippen LogP contribution in [-0.4, -0.2) is 5.78 Å². The van der Waals surface area contributed by atoms with Crippen LogP contribution in [0.3, 0.4) is 0 Å². The number of carbonyl (C=O) groups is 1. The topological polar surface area (TPSA) is 17.1 Å². The molecule has 0 heterocycles. The van der Waals surface area contributed by atoms with E-state index >= 15 is 0 Å². The fourth-order valence-corrected chi connectivity index (χ4v) is 3.03. The van der Waals surface area contributed by atoms with Gasteiger partial charge < -0.3 is 0 Å². The van der Waals surface area contributed by atoms with Crippen LogP contribution >= 0.6 is 0 Å². The summed E-state index contributed by atoms with van der Waals surface area (Å²) < 4.78 is 0. The number of Topliss-reactive ketones (excluding diaryl/α,β-unsaturated/α-hetero) is 1. The largest absolute Gasteiger partial charge is 0.300 e. The van der Waals surface area contributed by atoms with E-state index in [9.17, 15) is 4.79 Å². The lowest BCUT2D eigenvalue weighted by atomic mass is 9.98. The summed E-state index contributed by atoms with van der Waals surface area (Å²) in [6.07, 6.45) is 22.2. The predicted molar refractivity (Wildman–Crippen MR) is 99.4 cm³/mol. The molecule has 1 heteroatoms. The first-order valence-electron chi connectivity index (χ1n) is 10.2. The SMILES string of the molecule is CCCCCCCCCCCCCCCCCC(C)C(C)=O. The maximum atomic E-state index is 11.1. The van der Waals surface area contributed by atoms with Crippen molar-refractivity contribution in [2.75, 3.05) is 0 Å². The molecular weight excluding hydrogens is 268 g/mol. The van der Waals surface area contributed by atoms with Crippen molar-refractivity contribution in [3.63, 3.8) is 0 Å². The summed E-state index contributed by atoms with van der Waals surface area (Å²) in [5.74, 6) is 0.632. The molecule has 0 radical (unpaired) electrons. The Kier molecular flexibility index (Phi) is 16.8. The Labute approximate surface area is 140 Å². The molecule has 0 aromatic carbocycles. The van der Waals surface area contributed by atoms with Gasteiger partial charge in [0.25, 0.3) is 0 Å². The smallest absolute Gasteiger partial charge is 0.132 e. The quantitative estimate of drug-likeness (QED) is 0.255. The molecule has 0 N–H and O–H groups in total. The molecule has 0 saturated heterocycles. The summed E-state index contributed by atoms with van der Waals surface area (Å²) in [4.78, 5) is 11.1. The standard InChI is InChI=1S/C21H42O/c1-4-5-6-7-8-9-10-11-12-13-14-15-16-17-18-19-20(2)21(3)22/h20H,4-19H2,1-3H3. The minimum Gasteiger partial charge on any atom is -0.300 e. The Balaban J connectivity index is 3.04. The van der Waals surface area contributed by atoms with Gasteiger partial charge in [0.2, 0.25) is 0 Å². The zero-order valence-electron chi connectivity index (χ0n) is 15.8. The molecular formula is C21H42O. The van der Waals surface area contributed by atoms with E-state index in [1.807, 2.05) is 0 Å². The van der Waals surface area contributed by atoms with Crippen molar-refractivity contribution in [1.82, 2.24) is 0 Å². The molecule has 0 aromatic rings. The molecule has 1 unspecified atom stereocenters. The van der Waals surface area contributed by atoms with Crippen molar-refractivity contribution in [2.45, 2.75) is 124 Å². The van der Waals surface area contributed by atoms with Crippen LogP contribution in [0.1, 0.15) is 124 Å². The molecule has 0 aliphatic rings. The van der Waals surface area contributed by atoms with E-state index in [2.05, 4.69) is 13.8 Å². The molecule has 22 heavy (non-hydrogen) atoms. The lowest BCUT2D eigenvalue weighted by Crippen LogP contribution is -2.05. The first-order chi connectivity index (χ1) is 10.7. The molecule has 0 bridgehead atoms. The number of rotatable bonds is 17. The van der Waals surface area contributed by atoms with Crippen LogP contribution < -0.4 is 0 Å². The monoisotopic (exact) mass is 310 g/mol. The molecule has 0 fully saturated rings. The Hall–Kier alpha value is -0.330. The van der Waals surface area contributed by atoms with E-state index < -0.39 is 0 Å². The minimum atomic E-state index is 0.280. The normalized spacial score (nSPS) is 12.5. The van der Waals surface area contributed by atoms with Crippen LogP contribution in [0.15, 0.2) is 0 Å². The maximum Gasteiger partial charge on any atom is 0.132 e. The van der Waals surface area contributed by atoms with Crippen molar-refractivity contribution in [3.05, 3.63) is 0 Å². The van der Waals surface area contributed by atoms with Gasteiger partial charge in [0.15, 0.2) is 0 Å². The molecule has 0 amide bonds. The first-order valence-corrected chi connectivity index (χ1v) is 10.2. The molecule has 1 nitrogen and oxygen atoms in total. The molecule has 0 saturated carbocycles. The summed E-state index contributed by atoms with van der Waals surface area (Å²) in [6.45, 7) is 6.06. The lowest BCUT2D eigenvalue weighted by Gasteiger charge is -2.06. The summed E-state index contributed by atoms with van der Waals surface area (Å²) in [6, 6.07) is 0. The number of hydrogen-bond acceptors (Lipinski definition) is 1. The zero-order valence-corrected chi connectivity index (χ0v) is 15.8. The molecule has 132 valence electrons. The van der Waals surface area contributed by atoms with Gasteiger partial charge in [-0.05, 0) is 13.3 Å². The van der Waals surface area contributed by atoms with Gasteiger partial charge in [-0.15, -0.1) is 0 Å². The molecule has 0 rings (SSSR count). The van der Waals surface area contributed by atoms with Crippen LogP contribution in [-0.2, 0) is 4.79 Å². The van der Waals surface area contributed by atoms with E-state index in [4.69, 9.17) is 0 Å². The second-order valence-electron chi connectivity index (χ2n) is 7.25. The number of hydrogen-bond donors (Lipinski definition) is 0. The number of carbonyl (C=O) groups excluding carboxylic acids is 1. The molecule has 0 aliphatic carbocycles. The second kappa shape index (κ2) is 17.0. The van der Waals surface area contributed by atoms with Gasteiger partial charge in [0, 0.05) is 5.92 Å². The van der Waals surface area contributed by atoms with Crippen molar-refractivity contribution >= 4 is 5.78 Å². The third-order valence-electron chi connectivity index (χ3n) is 4.93. The van der Waals surface area contributed by atoms with E-state index in [-0.39, 0.29) is 5.92 Å². The lowest BCUT2D eigenvalue weighted by molar-refractivity contribution is -0.120. The highest BCUT2D eigenvalue weighted by molar-refractivity contribution is 5.77. The Morgan fingerprint density at radius 1 is 0.636 bits per heavy atom. The first kappa shape index (κ1) is 21.7. The van der Waals surface area contributed by atoms with Crippen molar-refractivity contribution in [1.29, 1.82) is 0 Å². The fraction of sp³-hybridized carbons (Fsp3) is 0.952. The van der Waals surface area contributed by atoms with Crippen LogP contribution in [0.5, 0.6) is 0 Å².